The molecule has 2 aliphatic heterocycles. The summed E-state index contributed by atoms with van der Waals surface area (Å²) in [5, 5.41) is 25.7. The third kappa shape index (κ3) is 11.3. The van der Waals surface area contributed by atoms with Crippen molar-refractivity contribution in [2.45, 2.75) is 55.5 Å². The van der Waals surface area contributed by atoms with Gasteiger partial charge in [0.15, 0.2) is 0 Å². The van der Waals surface area contributed by atoms with E-state index in [1.807, 2.05) is 11.8 Å². The van der Waals surface area contributed by atoms with Crippen molar-refractivity contribution >= 4 is 31.5 Å². The van der Waals surface area contributed by atoms with Crippen LogP contribution in [-0.2, 0) is 23.1 Å². The molecule has 12 nitrogen and oxygen atoms in total. The zero-order valence-electron chi connectivity index (χ0n) is 18.5. The summed E-state index contributed by atoms with van der Waals surface area (Å²) in [7, 11) is -2.37. The Kier molecular flexibility index (Phi) is 14.4. The summed E-state index contributed by atoms with van der Waals surface area (Å²) in [5.41, 5.74) is 0. The number of rotatable bonds is 15. The summed E-state index contributed by atoms with van der Waals surface area (Å²) in [5.74, 6) is 0.926. The number of phosphoric acid groups is 1. The topological polar surface area (TPSA) is 179 Å². The fraction of sp³-hybridized carbons (Fsp3) is 0.889. The Hall–Kier alpha value is -0.920. The predicted molar refractivity (Wildman–Crippen MR) is 117 cm³/mol. The van der Waals surface area contributed by atoms with Crippen molar-refractivity contribution in [1.29, 1.82) is 0 Å². The molecule has 2 heterocycles. The third-order valence-electron chi connectivity index (χ3n) is 4.83. The van der Waals surface area contributed by atoms with Gasteiger partial charge in [-0.2, -0.15) is 11.8 Å². The monoisotopic (exact) mass is 500 g/mol. The molecule has 2 fully saturated rings. The van der Waals surface area contributed by atoms with E-state index in [9.17, 15) is 24.2 Å². The molecule has 14 heteroatoms. The lowest BCUT2D eigenvalue weighted by atomic mass is 10.0. The Morgan fingerprint density at radius 1 is 1.31 bits per heavy atom. The van der Waals surface area contributed by atoms with E-state index in [0.29, 0.717) is 31.2 Å². The molecule has 0 aliphatic carbocycles. The Balaban J connectivity index is 0.00000249. The molecule has 0 radical (unpaired) electrons. The van der Waals surface area contributed by atoms with E-state index in [-0.39, 0.29) is 30.6 Å². The van der Waals surface area contributed by atoms with Gasteiger partial charge in [-0.1, -0.05) is 6.42 Å². The largest absolute Gasteiger partial charge is 0.756 e. The van der Waals surface area contributed by atoms with Gasteiger partial charge in [0.25, 0.3) is 7.82 Å². The number of phosphoric ester groups is 1. The zero-order chi connectivity index (χ0) is 24.0. The Morgan fingerprint density at radius 3 is 2.78 bits per heavy atom. The molecule has 0 aromatic rings. The summed E-state index contributed by atoms with van der Waals surface area (Å²) in [4.78, 5) is 34.2. The van der Waals surface area contributed by atoms with Crippen LogP contribution in [-0.4, -0.2) is 91.9 Å². The maximum absolute atomic E-state index is 11.9. The summed E-state index contributed by atoms with van der Waals surface area (Å²) >= 11 is 1.87. The van der Waals surface area contributed by atoms with Crippen LogP contribution in [0.2, 0.25) is 0 Å². The number of ether oxygens (including phenoxy) is 1. The summed E-state index contributed by atoms with van der Waals surface area (Å²) in [6, 6.07) is 0.345. The molecular weight excluding hydrogens is 465 g/mol. The highest BCUT2D eigenvalue weighted by molar-refractivity contribution is 8.00. The van der Waals surface area contributed by atoms with Crippen LogP contribution < -0.4 is 20.8 Å². The molecule has 2 rings (SSSR count). The standard InChI is InChI=1S/C17H32N3O8PS.CH4O/c1-26-29(24,25)28-10-12(21)9-27-8-4-7-18-15(22)6-3-2-5-14-16-13(11-30-14)19-17(23)20-16;1-2/h12-14,16,21H,2-11H2,1H3,(H,18,22)(H,24,25)(H2,19,20,23);2H,1H3/p-1. The lowest BCUT2D eigenvalue weighted by Gasteiger charge is -2.21. The highest BCUT2D eigenvalue weighted by Crippen LogP contribution is 2.36. The number of thioether (sulfide) groups is 1. The number of nitrogens with one attached hydrogen (secondary N) is 3. The van der Waals surface area contributed by atoms with Crippen molar-refractivity contribution in [1.82, 2.24) is 16.0 Å². The third-order valence-corrected chi connectivity index (χ3v) is 7.25. The van der Waals surface area contributed by atoms with Gasteiger partial charge in [-0.25, -0.2) is 4.79 Å². The average molecular weight is 501 g/mol. The molecule has 0 aromatic carbocycles. The molecule has 5 N–H and O–H groups in total. The Bertz CT molecular complexity index is 616. The van der Waals surface area contributed by atoms with Gasteiger partial charge in [-0.05, 0) is 19.3 Å². The summed E-state index contributed by atoms with van der Waals surface area (Å²) in [6.07, 6.45) is 2.67. The lowest BCUT2D eigenvalue weighted by Crippen LogP contribution is -2.36. The fourth-order valence-electron chi connectivity index (χ4n) is 3.26. The number of hydrogen-bond acceptors (Lipinski definition) is 10. The average Bonchev–Trinajstić information content (AvgIpc) is 3.33. The first-order valence-corrected chi connectivity index (χ1v) is 13.0. The van der Waals surface area contributed by atoms with Crippen molar-refractivity contribution in [2.24, 2.45) is 0 Å². The second-order valence-electron chi connectivity index (χ2n) is 7.23. The molecule has 3 amide bonds. The van der Waals surface area contributed by atoms with Gasteiger partial charge in [-0.15, -0.1) is 0 Å². The minimum atomic E-state index is -4.35. The van der Waals surface area contributed by atoms with Crippen LogP contribution in [0.15, 0.2) is 0 Å². The van der Waals surface area contributed by atoms with Gasteiger partial charge in [0.1, 0.15) is 6.10 Å². The van der Waals surface area contributed by atoms with E-state index < -0.39 is 20.5 Å². The van der Waals surface area contributed by atoms with Gasteiger partial charge in [0.05, 0.1) is 25.3 Å². The quantitative estimate of drug-likeness (QED) is 0.110. The van der Waals surface area contributed by atoms with E-state index >= 15 is 0 Å². The second-order valence-corrected chi connectivity index (χ2v) is 10.0. The molecule has 0 spiro atoms. The van der Waals surface area contributed by atoms with Crippen molar-refractivity contribution in [3.05, 3.63) is 0 Å². The molecule has 0 bridgehead atoms. The molecule has 2 saturated heterocycles. The normalized spacial score (nSPS) is 24.4. The molecule has 5 atom stereocenters. The number of aliphatic hydroxyl groups excluding tert-OH is 2. The maximum atomic E-state index is 11.9. The first kappa shape index (κ1) is 29.1. The van der Waals surface area contributed by atoms with Gasteiger partial charge in [0.2, 0.25) is 5.91 Å². The van der Waals surface area contributed by atoms with E-state index in [0.717, 1.165) is 39.2 Å². The number of urea groups is 1. The number of aliphatic hydroxyl groups is 2. The van der Waals surface area contributed by atoms with Gasteiger partial charge in [-0.3, -0.25) is 9.36 Å². The molecule has 32 heavy (non-hydrogen) atoms. The van der Waals surface area contributed by atoms with Crippen LogP contribution >= 0.6 is 19.6 Å². The fourth-order valence-corrected chi connectivity index (χ4v) is 5.27. The number of fused-ring (bicyclic) bond motifs is 1. The van der Waals surface area contributed by atoms with E-state index in [1.54, 1.807) is 0 Å². The number of amides is 3. The first-order chi connectivity index (χ1) is 15.3. The number of hydrogen-bond donors (Lipinski definition) is 5. The van der Waals surface area contributed by atoms with Crippen molar-refractivity contribution in [2.75, 3.05) is 46.3 Å². The SMILES string of the molecule is CO.COP(=O)([O-])OCC(O)COCCCNC(=O)CCCCC1SCC2NC(=O)NC21. The molecule has 0 aromatic heterocycles. The highest BCUT2D eigenvalue weighted by atomic mass is 32.2. The minimum Gasteiger partial charge on any atom is -0.756 e. The lowest BCUT2D eigenvalue weighted by molar-refractivity contribution is -0.225. The second kappa shape index (κ2) is 15.8. The first-order valence-electron chi connectivity index (χ1n) is 10.5. The minimum absolute atomic E-state index is 0.0120. The Labute approximate surface area is 192 Å². The van der Waals surface area contributed by atoms with E-state index in [1.165, 1.54) is 0 Å². The highest BCUT2D eigenvalue weighted by Gasteiger charge is 2.42. The van der Waals surface area contributed by atoms with E-state index in [4.69, 9.17) is 9.84 Å². The zero-order valence-corrected chi connectivity index (χ0v) is 20.2. The molecular formula is C18H35N3O9PS-. The number of carbonyl (C=O) groups excluding carboxylic acids is 2. The van der Waals surface area contributed by atoms with Gasteiger partial charge in [0, 0.05) is 44.8 Å². The summed E-state index contributed by atoms with van der Waals surface area (Å²) in [6.45, 7) is 0.270. The van der Waals surface area contributed by atoms with Crippen LogP contribution in [0.25, 0.3) is 0 Å². The van der Waals surface area contributed by atoms with Crippen LogP contribution in [0.5, 0.6) is 0 Å². The number of unbranched alkanes of at least 4 members (excludes halogenated alkanes) is 1. The number of carbonyl (C=O) groups is 2. The summed E-state index contributed by atoms with van der Waals surface area (Å²) < 4.78 is 24.7. The molecule has 5 unspecified atom stereocenters. The smallest absolute Gasteiger partial charge is 0.315 e. The Morgan fingerprint density at radius 2 is 2.06 bits per heavy atom. The van der Waals surface area contributed by atoms with Crippen LogP contribution in [0.3, 0.4) is 0 Å². The maximum Gasteiger partial charge on any atom is 0.315 e. The van der Waals surface area contributed by atoms with Crippen LogP contribution in [0, 0.1) is 0 Å². The van der Waals surface area contributed by atoms with Crippen molar-refractivity contribution < 1.29 is 43.0 Å². The van der Waals surface area contributed by atoms with Gasteiger partial charge < -0.3 is 44.8 Å². The van der Waals surface area contributed by atoms with Gasteiger partial charge >= 0.3 is 6.03 Å². The molecule has 2 aliphatic rings. The van der Waals surface area contributed by atoms with Crippen LogP contribution in [0.4, 0.5) is 4.79 Å². The molecule has 0 saturated carbocycles. The molecule has 188 valence electrons. The predicted octanol–water partition coefficient (Wildman–Crippen LogP) is -0.664. The van der Waals surface area contributed by atoms with Crippen LogP contribution in [0.1, 0.15) is 32.1 Å². The van der Waals surface area contributed by atoms with Crippen molar-refractivity contribution in [3.63, 3.8) is 0 Å². The van der Waals surface area contributed by atoms with E-state index in [2.05, 4.69) is 25.0 Å². The van der Waals surface area contributed by atoms with Crippen molar-refractivity contribution in [3.8, 4) is 0 Å².